The van der Waals surface area contributed by atoms with Crippen LogP contribution in [0.2, 0.25) is 0 Å². The number of halogens is 2. The maximum absolute atomic E-state index is 13.4. The molecule has 7 heteroatoms. The molecule has 1 N–H and O–H groups in total. The summed E-state index contributed by atoms with van der Waals surface area (Å²) in [4.78, 5) is 13.3. The van der Waals surface area contributed by atoms with E-state index < -0.39 is 0 Å². The van der Waals surface area contributed by atoms with Crippen molar-refractivity contribution in [1.29, 1.82) is 0 Å². The Labute approximate surface area is 171 Å². The molecule has 1 fully saturated rings. The van der Waals surface area contributed by atoms with E-state index in [2.05, 4.69) is 25.1 Å². The molecular weight excluding hydrogens is 444 g/mol. The van der Waals surface area contributed by atoms with Gasteiger partial charge in [0.05, 0.1) is 0 Å². The zero-order chi connectivity index (χ0) is 17.6. The number of aromatic nitrogens is 1. The van der Waals surface area contributed by atoms with Crippen molar-refractivity contribution in [2.75, 3.05) is 38.1 Å². The van der Waals surface area contributed by atoms with Gasteiger partial charge in [-0.15, -0.1) is 24.0 Å². The monoisotopic (exact) mass is 469 g/mol. The quantitative estimate of drug-likeness (QED) is 0.427. The van der Waals surface area contributed by atoms with E-state index in [1.165, 1.54) is 6.07 Å². The SMILES string of the molecule is CN=C(NCc1ccc(F)c(C)c1)N1CCN(c2ccccn2)CC1.I. The Morgan fingerprint density at radius 2 is 1.96 bits per heavy atom. The highest BCUT2D eigenvalue weighted by molar-refractivity contribution is 14.0. The van der Waals surface area contributed by atoms with Gasteiger partial charge in [-0.1, -0.05) is 18.2 Å². The number of nitrogens with zero attached hydrogens (tertiary/aromatic N) is 4. The largest absolute Gasteiger partial charge is 0.353 e. The van der Waals surface area contributed by atoms with Gasteiger partial charge in [-0.05, 0) is 36.2 Å². The van der Waals surface area contributed by atoms with Crippen LogP contribution < -0.4 is 10.2 Å². The van der Waals surface area contributed by atoms with Crippen molar-refractivity contribution in [3.63, 3.8) is 0 Å². The molecule has 140 valence electrons. The first-order chi connectivity index (χ1) is 12.2. The van der Waals surface area contributed by atoms with Crippen LogP contribution in [0.5, 0.6) is 0 Å². The van der Waals surface area contributed by atoms with Crippen LogP contribution in [0.1, 0.15) is 11.1 Å². The van der Waals surface area contributed by atoms with Crippen molar-refractivity contribution in [2.45, 2.75) is 13.5 Å². The van der Waals surface area contributed by atoms with E-state index in [4.69, 9.17) is 0 Å². The van der Waals surface area contributed by atoms with E-state index >= 15 is 0 Å². The van der Waals surface area contributed by atoms with Gasteiger partial charge in [0.1, 0.15) is 11.6 Å². The van der Waals surface area contributed by atoms with Gasteiger partial charge in [0.2, 0.25) is 0 Å². The van der Waals surface area contributed by atoms with Gasteiger partial charge in [0, 0.05) is 46.0 Å². The second-order valence-electron chi connectivity index (χ2n) is 6.15. The van der Waals surface area contributed by atoms with Gasteiger partial charge in [0.15, 0.2) is 5.96 Å². The van der Waals surface area contributed by atoms with E-state index in [0.717, 1.165) is 43.5 Å². The summed E-state index contributed by atoms with van der Waals surface area (Å²) in [6.45, 7) is 6.01. The highest BCUT2D eigenvalue weighted by Gasteiger charge is 2.20. The Morgan fingerprint density at radius 3 is 2.58 bits per heavy atom. The summed E-state index contributed by atoms with van der Waals surface area (Å²) in [6, 6.07) is 11.2. The lowest BCUT2D eigenvalue weighted by Crippen LogP contribution is -2.52. The zero-order valence-electron chi connectivity index (χ0n) is 15.2. The Balaban J connectivity index is 0.00000243. The Kier molecular flexibility index (Phi) is 7.62. The summed E-state index contributed by atoms with van der Waals surface area (Å²) < 4.78 is 13.4. The van der Waals surface area contributed by atoms with Gasteiger partial charge in [-0.3, -0.25) is 4.99 Å². The summed E-state index contributed by atoms with van der Waals surface area (Å²) >= 11 is 0. The fraction of sp³-hybridized carbons (Fsp3) is 0.368. The maximum Gasteiger partial charge on any atom is 0.194 e. The third kappa shape index (κ3) is 5.06. The van der Waals surface area contributed by atoms with Crippen LogP contribution in [-0.2, 0) is 6.54 Å². The van der Waals surface area contributed by atoms with Crippen molar-refractivity contribution in [3.8, 4) is 0 Å². The molecule has 0 spiro atoms. The summed E-state index contributed by atoms with van der Waals surface area (Å²) in [7, 11) is 1.80. The Hall–Kier alpha value is -1.90. The number of rotatable bonds is 3. The van der Waals surface area contributed by atoms with Crippen molar-refractivity contribution >= 4 is 35.8 Å². The van der Waals surface area contributed by atoms with Gasteiger partial charge in [-0.2, -0.15) is 0 Å². The molecule has 2 heterocycles. The van der Waals surface area contributed by atoms with Crippen LogP contribution in [0.4, 0.5) is 10.2 Å². The average Bonchev–Trinajstić information content (AvgIpc) is 2.66. The molecule has 0 bridgehead atoms. The molecule has 5 nitrogen and oxygen atoms in total. The standard InChI is InChI=1S/C19H24FN5.HI/c1-15-13-16(6-7-17(15)20)14-23-19(21-2)25-11-9-24(10-12-25)18-5-3-4-8-22-18;/h3-8,13H,9-12,14H2,1-2H3,(H,21,23);1H. The number of nitrogens with one attached hydrogen (secondary N) is 1. The summed E-state index contributed by atoms with van der Waals surface area (Å²) in [6.07, 6.45) is 1.83. The van der Waals surface area contributed by atoms with Crippen LogP contribution in [0.25, 0.3) is 0 Å². The van der Waals surface area contributed by atoms with Gasteiger partial charge in [-0.25, -0.2) is 9.37 Å². The highest BCUT2D eigenvalue weighted by atomic mass is 127. The number of piperazine rings is 1. The normalized spacial score (nSPS) is 14.8. The third-order valence-electron chi connectivity index (χ3n) is 4.44. The first-order valence-electron chi connectivity index (χ1n) is 8.54. The van der Waals surface area contributed by atoms with Crippen LogP contribution in [-0.4, -0.2) is 49.1 Å². The lowest BCUT2D eigenvalue weighted by atomic mass is 10.1. The van der Waals surface area contributed by atoms with E-state index in [1.54, 1.807) is 14.0 Å². The number of hydrogen-bond acceptors (Lipinski definition) is 3. The number of aliphatic imine (C=N–C) groups is 1. The van der Waals surface area contributed by atoms with Crippen LogP contribution >= 0.6 is 24.0 Å². The number of guanidine groups is 1. The second-order valence-corrected chi connectivity index (χ2v) is 6.15. The molecule has 1 aliphatic rings. The molecule has 1 aromatic heterocycles. The number of benzene rings is 1. The van der Waals surface area contributed by atoms with E-state index in [0.29, 0.717) is 12.1 Å². The molecule has 0 unspecified atom stereocenters. The molecule has 1 saturated heterocycles. The fourth-order valence-corrected chi connectivity index (χ4v) is 3.02. The van der Waals surface area contributed by atoms with E-state index in [9.17, 15) is 4.39 Å². The second kappa shape index (κ2) is 9.70. The minimum Gasteiger partial charge on any atom is -0.353 e. The molecule has 2 aromatic rings. The average molecular weight is 469 g/mol. The fourth-order valence-electron chi connectivity index (χ4n) is 3.02. The van der Waals surface area contributed by atoms with Crippen molar-refractivity contribution in [2.24, 2.45) is 4.99 Å². The first kappa shape index (κ1) is 20.4. The van der Waals surface area contributed by atoms with Crippen molar-refractivity contribution in [3.05, 3.63) is 59.5 Å². The predicted octanol–water partition coefficient (Wildman–Crippen LogP) is 3.04. The summed E-state index contributed by atoms with van der Waals surface area (Å²) in [5.74, 6) is 1.73. The summed E-state index contributed by atoms with van der Waals surface area (Å²) in [5.41, 5.74) is 1.71. The van der Waals surface area contributed by atoms with Crippen LogP contribution in [0, 0.1) is 12.7 Å². The molecule has 0 amide bonds. The molecule has 3 rings (SSSR count). The first-order valence-corrected chi connectivity index (χ1v) is 8.54. The topological polar surface area (TPSA) is 43.8 Å². The molecular formula is C19H25FIN5. The number of aryl methyl sites for hydroxylation is 1. The number of hydrogen-bond donors (Lipinski definition) is 1. The number of pyridine rings is 1. The Bertz CT molecular complexity index is 730. The van der Waals surface area contributed by atoms with Crippen LogP contribution in [0.15, 0.2) is 47.6 Å². The molecule has 1 aromatic carbocycles. The van der Waals surface area contributed by atoms with Crippen molar-refractivity contribution in [1.82, 2.24) is 15.2 Å². The lowest BCUT2D eigenvalue weighted by Gasteiger charge is -2.37. The smallest absolute Gasteiger partial charge is 0.194 e. The molecule has 26 heavy (non-hydrogen) atoms. The minimum atomic E-state index is -0.168. The van der Waals surface area contributed by atoms with Gasteiger partial charge in [0.25, 0.3) is 0 Å². The number of anilines is 1. The Morgan fingerprint density at radius 1 is 1.19 bits per heavy atom. The molecule has 0 radical (unpaired) electrons. The molecule has 0 atom stereocenters. The lowest BCUT2D eigenvalue weighted by molar-refractivity contribution is 0.371. The highest BCUT2D eigenvalue weighted by Crippen LogP contribution is 2.13. The zero-order valence-corrected chi connectivity index (χ0v) is 17.5. The van der Waals surface area contributed by atoms with Gasteiger partial charge >= 0.3 is 0 Å². The van der Waals surface area contributed by atoms with Crippen molar-refractivity contribution < 1.29 is 4.39 Å². The van der Waals surface area contributed by atoms with E-state index in [-0.39, 0.29) is 29.8 Å². The molecule has 0 aliphatic carbocycles. The summed E-state index contributed by atoms with van der Waals surface area (Å²) in [5, 5.41) is 3.38. The van der Waals surface area contributed by atoms with Gasteiger partial charge < -0.3 is 15.1 Å². The van der Waals surface area contributed by atoms with E-state index in [1.807, 2.05) is 36.5 Å². The minimum absolute atomic E-state index is 0. The predicted molar refractivity (Wildman–Crippen MR) is 115 cm³/mol. The third-order valence-corrected chi connectivity index (χ3v) is 4.44. The maximum atomic E-state index is 13.4. The van der Waals surface area contributed by atoms with Crippen LogP contribution in [0.3, 0.4) is 0 Å². The molecule has 0 saturated carbocycles. The molecule has 1 aliphatic heterocycles.